The van der Waals surface area contributed by atoms with Crippen LogP contribution in [0, 0.1) is 0 Å². The number of hydrogen-bond acceptors (Lipinski definition) is 6. The molecule has 2 aromatic rings. The summed E-state index contributed by atoms with van der Waals surface area (Å²) in [5.41, 5.74) is 3.54. The zero-order valence-corrected chi connectivity index (χ0v) is 15.7. The molecule has 1 atom stereocenters. The van der Waals surface area contributed by atoms with Gasteiger partial charge < -0.3 is 20.4 Å². The van der Waals surface area contributed by atoms with E-state index < -0.39 is 6.10 Å². The lowest BCUT2D eigenvalue weighted by atomic mass is 9.96. The molecule has 0 unspecified atom stereocenters. The lowest BCUT2D eigenvalue weighted by molar-refractivity contribution is 0.199. The van der Waals surface area contributed by atoms with Crippen LogP contribution in [0.3, 0.4) is 0 Å². The lowest BCUT2D eigenvalue weighted by Gasteiger charge is -2.31. The number of hydrogen-bond donors (Lipinski definition) is 3. The average Bonchev–Trinajstić information content (AvgIpc) is 2.65. The Kier molecular flexibility index (Phi) is 5.74. The maximum absolute atomic E-state index is 9.79. The first-order valence-electron chi connectivity index (χ1n) is 9.26. The molecule has 0 bridgehead atoms. The van der Waals surface area contributed by atoms with Crippen LogP contribution in [-0.2, 0) is 13.0 Å². The van der Waals surface area contributed by atoms with Crippen molar-refractivity contribution in [1.82, 2.24) is 9.97 Å². The van der Waals surface area contributed by atoms with Gasteiger partial charge in [-0.3, -0.25) is 0 Å². The Morgan fingerprint density at radius 1 is 1.15 bits per heavy atom. The van der Waals surface area contributed by atoms with E-state index in [-0.39, 0.29) is 12.5 Å². The van der Waals surface area contributed by atoms with Crippen molar-refractivity contribution in [1.29, 1.82) is 0 Å². The van der Waals surface area contributed by atoms with E-state index in [0.29, 0.717) is 6.54 Å². The summed E-state index contributed by atoms with van der Waals surface area (Å²) in [5, 5.41) is 22.0. The van der Waals surface area contributed by atoms with Gasteiger partial charge in [0.05, 0.1) is 12.7 Å². The molecule has 6 heteroatoms. The number of aromatic nitrogens is 2. The van der Waals surface area contributed by atoms with Gasteiger partial charge in [0, 0.05) is 31.6 Å². The number of aliphatic hydroxyl groups is 2. The molecule has 26 heavy (non-hydrogen) atoms. The molecule has 0 saturated carbocycles. The van der Waals surface area contributed by atoms with E-state index in [0.717, 1.165) is 42.5 Å². The maximum Gasteiger partial charge on any atom is 0.135 e. The molecule has 140 valence electrons. The molecule has 0 fully saturated rings. The number of nitrogens with one attached hydrogen (secondary N) is 1. The minimum absolute atomic E-state index is 0.0685. The predicted octanol–water partition coefficient (Wildman–Crippen LogP) is 2.62. The van der Waals surface area contributed by atoms with E-state index in [1.165, 1.54) is 11.1 Å². The summed E-state index contributed by atoms with van der Waals surface area (Å²) in [7, 11) is 0. The Morgan fingerprint density at radius 2 is 1.96 bits per heavy atom. The fourth-order valence-electron chi connectivity index (χ4n) is 3.18. The monoisotopic (exact) mass is 356 g/mol. The highest BCUT2D eigenvalue weighted by molar-refractivity contribution is 5.52. The van der Waals surface area contributed by atoms with E-state index in [2.05, 4.69) is 41.2 Å². The van der Waals surface area contributed by atoms with Gasteiger partial charge in [-0.05, 0) is 30.0 Å². The normalized spacial score (nSPS) is 15.1. The molecule has 3 rings (SSSR count). The second-order valence-corrected chi connectivity index (χ2v) is 7.15. The molecule has 6 nitrogen and oxygen atoms in total. The van der Waals surface area contributed by atoms with Crippen LogP contribution < -0.4 is 10.2 Å². The number of aliphatic hydroxyl groups excluding tert-OH is 2. The van der Waals surface area contributed by atoms with Crippen molar-refractivity contribution in [2.24, 2.45) is 0 Å². The minimum atomic E-state index is -0.436. The molecule has 1 aliphatic rings. The van der Waals surface area contributed by atoms with Gasteiger partial charge in [0.2, 0.25) is 0 Å². The predicted molar refractivity (Wildman–Crippen MR) is 104 cm³/mol. The van der Waals surface area contributed by atoms with Crippen LogP contribution >= 0.6 is 0 Å². The number of fused-ring (bicyclic) bond motifs is 1. The van der Waals surface area contributed by atoms with Gasteiger partial charge in [0.25, 0.3) is 0 Å². The van der Waals surface area contributed by atoms with Crippen LogP contribution in [0.2, 0.25) is 0 Å². The minimum Gasteiger partial charge on any atom is -0.395 e. The first-order chi connectivity index (χ1) is 12.5. The standard InChI is InChI=1S/C20H28N4O2/c1-13(2)20-22-18(21-7-9-25)11-19(23-20)24-8-6-16-10-15(14(3)26)4-5-17(16)12-24/h4-5,10-11,13-14,25-26H,6-9,12H2,1-3H3,(H,21,22,23)/t14-/m1/s1. The third-order valence-corrected chi connectivity index (χ3v) is 4.71. The zero-order valence-electron chi connectivity index (χ0n) is 15.7. The van der Waals surface area contributed by atoms with Crippen molar-refractivity contribution >= 4 is 11.6 Å². The molecule has 0 amide bonds. The van der Waals surface area contributed by atoms with Gasteiger partial charge >= 0.3 is 0 Å². The Hall–Kier alpha value is -2.18. The second-order valence-electron chi connectivity index (χ2n) is 7.15. The molecule has 1 aromatic heterocycles. The van der Waals surface area contributed by atoms with Crippen molar-refractivity contribution in [3.63, 3.8) is 0 Å². The summed E-state index contributed by atoms with van der Waals surface area (Å²) in [6, 6.07) is 8.18. The van der Waals surface area contributed by atoms with Crippen molar-refractivity contribution in [2.75, 3.05) is 29.9 Å². The van der Waals surface area contributed by atoms with Gasteiger partial charge in [-0.15, -0.1) is 0 Å². The highest BCUT2D eigenvalue weighted by Crippen LogP contribution is 2.28. The van der Waals surface area contributed by atoms with Crippen LogP contribution in [0.1, 0.15) is 55.3 Å². The highest BCUT2D eigenvalue weighted by Gasteiger charge is 2.20. The Bertz CT molecular complexity index is 761. The first kappa shape index (κ1) is 18.6. The molecule has 0 aliphatic carbocycles. The quantitative estimate of drug-likeness (QED) is 0.738. The third kappa shape index (κ3) is 4.14. The Balaban J connectivity index is 1.86. The fourth-order valence-corrected chi connectivity index (χ4v) is 3.18. The molecule has 3 N–H and O–H groups in total. The van der Waals surface area contributed by atoms with E-state index in [9.17, 15) is 5.11 Å². The first-order valence-corrected chi connectivity index (χ1v) is 9.26. The van der Waals surface area contributed by atoms with Crippen LogP contribution in [0.25, 0.3) is 0 Å². The summed E-state index contributed by atoms with van der Waals surface area (Å²) >= 11 is 0. The summed E-state index contributed by atoms with van der Waals surface area (Å²) in [6.45, 7) is 8.17. The van der Waals surface area contributed by atoms with Crippen LogP contribution in [0.4, 0.5) is 11.6 Å². The zero-order chi connectivity index (χ0) is 18.7. The number of rotatable bonds is 6. The fraction of sp³-hybridized carbons (Fsp3) is 0.500. The summed E-state index contributed by atoms with van der Waals surface area (Å²) in [6.07, 6.45) is 0.491. The largest absolute Gasteiger partial charge is 0.395 e. The van der Waals surface area contributed by atoms with Gasteiger partial charge in [-0.1, -0.05) is 32.0 Å². The van der Waals surface area contributed by atoms with Gasteiger partial charge in [0.1, 0.15) is 17.5 Å². The molecule has 1 aromatic carbocycles. The van der Waals surface area contributed by atoms with Gasteiger partial charge in [-0.2, -0.15) is 0 Å². The summed E-state index contributed by atoms with van der Waals surface area (Å²) < 4.78 is 0. The maximum atomic E-state index is 9.79. The molecule has 0 saturated heterocycles. The number of nitrogens with zero attached hydrogens (tertiary/aromatic N) is 3. The van der Waals surface area contributed by atoms with Crippen LogP contribution in [0.5, 0.6) is 0 Å². The van der Waals surface area contributed by atoms with Crippen molar-refractivity contribution in [2.45, 2.75) is 45.8 Å². The van der Waals surface area contributed by atoms with Crippen molar-refractivity contribution < 1.29 is 10.2 Å². The van der Waals surface area contributed by atoms with E-state index in [1.54, 1.807) is 6.92 Å². The Labute approximate surface area is 154 Å². The van der Waals surface area contributed by atoms with E-state index >= 15 is 0 Å². The molecular formula is C20H28N4O2. The van der Waals surface area contributed by atoms with E-state index in [1.807, 2.05) is 12.1 Å². The topological polar surface area (TPSA) is 81.5 Å². The van der Waals surface area contributed by atoms with Crippen molar-refractivity contribution in [3.8, 4) is 0 Å². The van der Waals surface area contributed by atoms with Crippen molar-refractivity contribution in [3.05, 3.63) is 46.8 Å². The van der Waals surface area contributed by atoms with Gasteiger partial charge in [0.15, 0.2) is 0 Å². The number of anilines is 2. The average molecular weight is 356 g/mol. The molecule has 2 heterocycles. The molecule has 0 spiro atoms. The summed E-state index contributed by atoms with van der Waals surface area (Å²) in [5.74, 6) is 2.70. The molecular weight excluding hydrogens is 328 g/mol. The van der Waals surface area contributed by atoms with Crippen LogP contribution in [-0.4, -0.2) is 39.9 Å². The number of benzene rings is 1. The second kappa shape index (κ2) is 8.01. The van der Waals surface area contributed by atoms with E-state index in [4.69, 9.17) is 10.1 Å². The van der Waals surface area contributed by atoms with Crippen LogP contribution in [0.15, 0.2) is 24.3 Å². The summed E-state index contributed by atoms with van der Waals surface area (Å²) in [4.78, 5) is 11.6. The molecule has 1 aliphatic heterocycles. The third-order valence-electron chi connectivity index (χ3n) is 4.71. The molecule has 0 radical (unpaired) electrons. The SMILES string of the molecule is CC(C)c1nc(NCCO)cc(N2CCc3cc([C@@H](C)O)ccc3C2)n1. The van der Waals surface area contributed by atoms with Gasteiger partial charge in [-0.25, -0.2) is 9.97 Å². The lowest BCUT2D eigenvalue weighted by Crippen LogP contribution is -2.31. The Morgan fingerprint density at radius 3 is 2.65 bits per heavy atom. The smallest absolute Gasteiger partial charge is 0.135 e. The highest BCUT2D eigenvalue weighted by atomic mass is 16.3.